The minimum Gasteiger partial charge on any atom is -0.385 e. The average Bonchev–Trinajstić information content (AvgIpc) is 2.82. The molecule has 4 heteroatoms. The van der Waals surface area contributed by atoms with Gasteiger partial charge in [-0.25, -0.2) is 0 Å². The number of anilines is 2. The highest BCUT2D eigenvalue weighted by molar-refractivity contribution is 5.89. The molecule has 2 N–H and O–H groups in total. The van der Waals surface area contributed by atoms with E-state index in [2.05, 4.69) is 16.7 Å². The molecular weight excluding hydrogens is 228 g/mol. The molecule has 1 saturated heterocycles. The lowest BCUT2D eigenvalue weighted by Crippen LogP contribution is -2.14. The van der Waals surface area contributed by atoms with Crippen molar-refractivity contribution in [1.29, 1.82) is 0 Å². The molecule has 0 bridgehead atoms. The van der Waals surface area contributed by atoms with Crippen LogP contribution >= 0.6 is 0 Å². The second kappa shape index (κ2) is 5.87. The number of nitrogens with one attached hydrogen (secondary N) is 2. The van der Waals surface area contributed by atoms with Gasteiger partial charge in [0.05, 0.1) is 6.61 Å². The molecule has 0 aromatic heterocycles. The van der Waals surface area contributed by atoms with Gasteiger partial charge in [0.2, 0.25) is 5.91 Å². The fourth-order valence-corrected chi connectivity index (χ4v) is 2.11. The highest BCUT2D eigenvalue weighted by atomic mass is 16.5. The van der Waals surface area contributed by atoms with Gasteiger partial charge in [-0.2, -0.15) is 0 Å². The van der Waals surface area contributed by atoms with Gasteiger partial charge in [-0.3, -0.25) is 4.79 Å². The Labute approximate surface area is 108 Å². The van der Waals surface area contributed by atoms with Crippen LogP contribution < -0.4 is 10.6 Å². The van der Waals surface area contributed by atoms with Gasteiger partial charge < -0.3 is 15.4 Å². The first-order valence-corrected chi connectivity index (χ1v) is 6.35. The summed E-state index contributed by atoms with van der Waals surface area (Å²) in [6.07, 6.45) is 1.13. The van der Waals surface area contributed by atoms with Gasteiger partial charge in [-0.1, -0.05) is 0 Å². The van der Waals surface area contributed by atoms with Gasteiger partial charge >= 0.3 is 0 Å². The first-order chi connectivity index (χ1) is 8.65. The van der Waals surface area contributed by atoms with Crippen LogP contribution in [0.5, 0.6) is 0 Å². The van der Waals surface area contributed by atoms with Crippen LogP contribution in [-0.2, 0) is 9.53 Å². The van der Waals surface area contributed by atoms with E-state index < -0.39 is 0 Å². The second-order valence-electron chi connectivity index (χ2n) is 4.82. The highest BCUT2D eigenvalue weighted by Gasteiger charge is 2.15. The van der Waals surface area contributed by atoms with Gasteiger partial charge in [-0.15, -0.1) is 0 Å². The highest BCUT2D eigenvalue weighted by Crippen LogP contribution is 2.21. The molecular formula is C14H20N2O2. The number of hydrogen-bond acceptors (Lipinski definition) is 3. The fraction of sp³-hybridized carbons (Fsp3) is 0.500. The third-order valence-electron chi connectivity index (χ3n) is 3.16. The maximum atomic E-state index is 11.0. The molecule has 1 aromatic rings. The van der Waals surface area contributed by atoms with Crippen LogP contribution in [0.2, 0.25) is 0 Å². The topological polar surface area (TPSA) is 50.4 Å². The molecule has 1 atom stereocenters. The number of carbonyl (C=O) groups is 1. The van der Waals surface area contributed by atoms with Crippen molar-refractivity contribution in [3.8, 4) is 0 Å². The van der Waals surface area contributed by atoms with Crippen molar-refractivity contribution in [2.45, 2.75) is 20.3 Å². The normalized spacial score (nSPS) is 18.7. The van der Waals surface area contributed by atoms with E-state index in [0.29, 0.717) is 5.92 Å². The minimum absolute atomic E-state index is 0.0399. The molecule has 0 aliphatic carbocycles. The van der Waals surface area contributed by atoms with E-state index in [1.54, 1.807) is 0 Å². The third kappa shape index (κ3) is 3.47. The Morgan fingerprint density at radius 1 is 1.50 bits per heavy atom. The molecule has 4 nitrogen and oxygen atoms in total. The fourth-order valence-electron chi connectivity index (χ4n) is 2.11. The van der Waals surface area contributed by atoms with E-state index in [-0.39, 0.29) is 5.91 Å². The van der Waals surface area contributed by atoms with Gasteiger partial charge in [0.15, 0.2) is 0 Å². The summed E-state index contributed by atoms with van der Waals surface area (Å²) in [7, 11) is 0. The summed E-state index contributed by atoms with van der Waals surface area (Å²) in [6, 6.07) is 5.99. The van der Waals surface area contributed by atoms with Gasteiger partial charge in [0.25, 0.3) is 0 Å². The standard InChI is InChI=1S/C14H20N2O2/c1-10-7-13(3-4-14(10)16-11(2)17)15-8-12-5-6-18-9-12/h3-4,7,12,15H,5-6,8-9H2,1-2H3,(H,16,17). The van der Waals surface area contributed by atoms with Crippen molar-refractivity contribution >= 4 is 17.3 Å². The van der Waals surface area contributed by atoms with Crippen molar-refractivity contribution in [2.24, 2.45) is 5.92 Å². The maximum Gasteiger partial charge on any atom is 0.221 e. The molecule has 1 heterocycles. The molecule has 1 aromatic carbocycles. The molecule has 0 radical (unpaired) electrons. The molecule has 1 unspecified atom stereocenters. The third-order valence-corrected chi connectivity index (χ3v) is 3.16. The summed E-state index contributed by atoms with van der Waals surface area (Å²) in [6.45, 7) is 6.20. The maximum absolute atomic E-state index is 11.0. The summed E-state index contributed by atoms with van der Waals surface area (Å²) >= 11 is 0. The van der Waals surface area contributed by atoms with E-state index >= 15 is 0 Å². The van der Waals surface area contributed by atoms with Crippen molar-refractivity contribution in [1.82, 2.24) is 0 Å². The molecule has 1 aliphatic rings. The van der Waals surface area contributed by atoms with Crippen molar-refractivity contribution in [2.75, 3.05) is 30.4 Å². The lowest BCUT2D eigenvalue weighted by molar-refractivity contribution is -0.114. The number of aryl methyl sites for hydroxylation is 1. The lowest BCUT2D eigenvalue weighted by atomic mass is 10.1. The van der Waals surface area contributed by atoms with Crippen molar-refractivity contribution in [3.63, 3.8) is 0 Å². The van der Waals surface area contributed by atoms with E-state index in [9.17, 15) is 4.79 Å². The van der Waals surface area contributed by atoms with Gasteiger partial charge in [-0.05, 0) is 37.1 Å². The molecule has 0 spiro atoms. The number of amides is 1. The Morgan fingerprint density at radius 3 is 2.94 bits per heavy atom. The Hall–Kier alpha value is -1.55. The monoisotopic (exact) mass is 248 g/mol. The molecule has 1 fully saturated rings. The lowest BCUT2D eigenvalue weighted by Gasteiger charge is -2.13. The zero-order valence-electron chi connectivity index (χ0n) is 11.0. The quantitative estimate of drug-likeness (QED) is 0.860. The minimum atomic E-state index is -0.0399. The zero-order chi connectivity index (χ0) is 13.0. The van der Waals surface area contributed by atoms with E-state index in [4.69, 9.17) is 4.74 Å². The van der Waals surface area contributed by atoms with Crippen molar-refractivity contribution < 1.29 is 9.53 Å². The number of hydrogen-bond donors (Lipinski definition) is 2. The van der Waals surface area contributed by atoms with Crippen molar-refractivity contribution in [3.05, 3.63) is 23.8 Å². The van der Waals surface area contributed by atoms with Gasteiger partial charge in [0, 0.05) is 37.4 Å². The predicted molar refractivity (Wildman–Crippen MR) is 72.9 cm³/mol. The van der Waals surface area contributed by atoms with Gasteiger partial charge in [0.1, 0.15) is 0 Å². The SMILES string of the molecule is CC(=O)Nc1ccc(NCC2CCOC2)cc1C. The smallest absolute Gasteiger partial charge is 0.221 e. The summed E-state index contributed by atoms with van der Waals surface area (Å²) < 4.78 is 5.34. The van der Waals surface area contributed by atoms with E-state index in [1.165, 1.54) is 6.92 Å². The van der Waals surface area contributed by atoms with Crippen LogP contribution in [0.25, 0.3) is 0 Å². The molecule has 18 heavy (non-hydrogen) atoms. The Morgan fingerprint density at radius 2 is 2.33 bits per heavy atom. The average molecular weight is 248 g/mol. The summed E-state index contributed by atoms with van der Waals surface area (Å²) in [5, 5.41) is 6.23. The first kappa shape index (κ1) is 12.9. The number of ether oxygens (including phenoxy) is 1. The van der Waals surface area contributed by atoms with Crippen LogP contribution in [-0.4, -0.2) is 25.7 Å². The largest absolute Gasteiger partial charge is 0.385 e. The van der Waals surface area contributed by atoms with Crippen LogP contribution in [0, 0.1) is 12.8 Å². The van der Waals surface area contributed by atoms with E-state index in [1.807, 2.05) is 19.1 Å². The molecule has 1 aliphatic heterocycles. The molecule has 0 saturated carbocycles. The predicted octanol–water partition coefficient (Wildman–Crippen LogP) is 2.40. The Balaban J connectivity index is 1.93. The Kier molecular flexibility index (Phi) is 4.20. The number of rotatable bonds is 4. The Bertz CT molecular complexity index is 426. The van der Waals surface area contributed by atoms with Crippen LogP contribution in [0.3, 0.4) is 0 Å². The first-order valence-electron chi connectivity index (χ1n) is 6.35. The molecule has 2 rings (SSSR count). The van der Waals surface area contributed by atoms with E-state index in [0.717, 1.165) is 43.1 Å². The van der Waals surface area contributed by atoms with Crippen LogP contribution in [0.15, 0.2) is 18.2 Å². The summed E-state index contributed by atoms with van der Waals surface area (Å²) in [5.41, 5.74) is 3.03. The second-order valence-corrected chi connectivity index (χ2v) is 4.82. The van der Waals surface area contributed by atoms with Crippen LogP contribution in [0.4, 0.5) is 11.4 Å². The zero-order valence-corrected chi connectivity index (χ0v) is 11.0. The van der Waals surface area contributed by atoms with Crippen LogP contribution in [0.1, 0.15) is 18.9 Å². The number of benzene rings is 1. The molecule has 98 valence electrons. The summed E-state index contributed by atoms with van der Waals surface area (Å²) in [4.78, 5) is 11.0. The summed E-state index contributed by atoms with van der Waals surface area (Å²) in [5.74, 6) is 0.572. The number of carbonyl (C=O) groups excluding carboxylic acids is 1. The molecule has 1 amide bonds.